The van der Waals surface area contributed by atoms with E-state index in [0.29, 0.717) is 11.4 Å². The summed E-state index contributed by atoms with van der Waals surface area (Å²) < 4.78 is 0. The maximum atomic E-state index is 11.2. The molecule has 0 spiro atoms. The summed E-state index contributed by atoms with van der Waals surface area (Å²) in [5, 5.41) is 9.84. The Balaban J connectivity index is 2.61. The van der Waals surface area contributed by atoms with Gasteiger partial charge in [0, 0.05) is 5.02 Å². The average Bonchev–Trinajstić information content (AvgIpc) is 2.30. The van der Waals surface area contributed by atoms with E-state index in [2.05, 4.69) is 6.92 Å². The van der Waals surface area contributed by atoms with Crippen molar-refractivity contribution in [1.82, 2.24) is 0 Å². The van der Waals surface area contributed by atoms with E-state index in [9.17, 15) is 9.90 Å². The highest BCUT2D eigenvalue weighted by Gasteiger charge is 2.18. The highest BCUT2D eigenvalue weighted by atomic mass is 35.5. The third kappa shape index (κ3) is 4.78. The van der Waals surface area contributed by atoms with Crippen LogP contribution in [0.5, 0.6) is 0 Å². The number of carboxylic acid groups (broad SMARTS) is 1. The van der Waals surface area contributed by atoms with Crippen molar-refractivity contribution in [2.75, 3.05) is 0 Å². The van der Waals surface area contributed by atoms with E-state index in [4.69, 9.17) is 11.6 Å². The minimum Gasteiger partial charge on any atom is -0.481 e. The SMILES string of the molecule is CCCCCC(Cc1ccccc1Cl)C(=O)O. The second kappa shape index (κ2) is 7.33. The molecule has 0 aliphatic carbocycles. The van der Waals surface area contributed by atoms with Gasteiger partial charge >= 0.3 is 5.97 Å². The molecular formula is C14H19ClO2. The van der Waals surface area contributed by atoms with Crippen LogP contribution in [0.1, 0.15) is 38.2 Å². The van der Waals surface area contributed by atoms with E-state index in [1.54, 1.807) is 0 Å². The first kappa shape index (κ1) is 14.0. The van der Waals surface area contributed by atoms with E-state index in [0.717, 1.165) is 31.2 Å². The van der Waals surface area contributed by atoms with Crippen LogP contribution in [0.3, 0.4) is 0 Å². The predicted octanol–water partition coefficient (Wildman–Crippen LogP) is 4.16. The van der Waals surface area contributed by atoms with E-state index < -0.39 is 5.97 Å². The molecule has 1 rings (SSSR count). The Bertz CT molecular complexity index is 363. The molecule has 0 bridgehead atoms. The summed E-state index contributed by atoms with van der Waals surface area (Å²) in [6, 6.07) is 7.46. The third-order valence-corrected chi connectivity index (χ3v) is 3.30. The Labute approximate surface area is 108 Å². The molecule has 1 aromatic carbocycles. The lowest BCUT2D eigenvalue weighted by molar-refractivity contribution is -0.142. The van der Waals surface area contributed by atoms with Crippen LogP contribution in [-0.4, -0.2) is 11.1 Å². The monoisotopic (exact) mass is 254 g/mol. The van der Waals surface area contributed by atoms with Gasteiger partial charge in [-0.3, -0.25) is 4.79 Å². The molecule has 0 heterocycles. The summed E-state index contributed by atoms with van der Waals surface area (Å²) >= 11 is 6.04. The quantitative estimate of drug-likeness (QED) is 0.742. The van der Waals surface area contributed by atoms with E-state index >= 15 is 0 Å². The van der Waals surface area contributed by atoms with Gasteiger partial charge in [-0.1, -0.05) is 56.0 Å². The summed E-state index contributed by atoms with van der Waals surface area (Å²) in [4.78, 5) is 11.2. The highest BCUT2D eigenvalue weighted by molar-refractivity contribution is 6.31. The number of halogens is 1. The zero-order chi connectivity index (χ0) is 12.7. The third-order valence-electron chi connectivity index (χ3n) is 2.93. The number of rotatable bonds is 7. The minimum absolute atomic E-state index is 0.318. The Morgan fingerprint density at radius 2 is 2.06 bits per heavy atom. The molecule has 1 unspecified atom stereocenters. The fourth-order valence-electron chi connectivity index (χ4n) is 1.88. The molecule has 3 heteroatoms. The molecule has 0 fully saturated rings. The van der Waals surface area contributed by atoms with Crippen LogP contribution in [-0.2, 0) is 11.2 Å². The Morgan fingerprint density at radius 3 is 2.65 bits per heavy atom. The van der Waals surface area contributed by atoms with Crippen molar-refractivity contribution in [2.24, 2.45) is 5.92 Å². The van der Waals surface area contributed by atoms with E-state index in [-0.39, 0.29) is 5.92 Å². The fraction of sp³-hybridized carbons (Fsp3) is 0.500. The Kier molecular flexibility index (Phi) is 6.06. The lowest BCUT2D eigenvalue weighted by Crippen LogP contribution is -2.16. The molecular weight excluding hydrogens is 236 g/mol. The number of hydrogen-bond acceptors (Lipinski definition) is 1. The van der Waals surface area contributed by atoms with Gasteiger partial charge in [-0.05, 0) is 24.5 Å². The molecule has 1 aromatic rings. The summed E-state index contributed by atoms with van der Waals surface area (Å²) in [6.45, 7) is 2.11. The molecule has 2 nitrogen and oxygen atoms in total. The number of aliphatic carboxylic acids is 1. The van der Waals surface area contributed by atoms with Crippen LogP contribution in [0.4, 0.5) is 0 Å². The largest absolute Gasteiger partial charge is 0.481 e. The van der Waals surface area contributed by atoms with Crippen molar-refractivity contribution in [3.05, 3.63) is 34.9 Å². The first-order valence-electron chi connectivity index (χ1n) is 6.11. The van der Waals surface area contributed by atoms with Crippen molar-refractivity contribution < 1.29 is 9.90 Å². The summed E-state index contributed by atoms with van der Waals surface area (Å²) in [5.74, 6) is -1.04. The summed E-state index contributed by atoms with van der Waals surface area (Å²) in [6.07, 6.45) is 4.43. The second-order valence-corrected chi connectivity index (χ2v) is 4.73. The standard InChI is InChI=1S/C14H19ClO2/c1-2-3-4-8-12(14(16)17)10-11-7-5-6-9-13(11)15/h5-7,9,12H,2-4,8,10H2,1H3,(H,16,17). The van der Waals surface area contributed by atoms with Crippen molar-refractivity contribution in [2.45, 2.75) is 39.0 Å². The van der Waals surface area contributed by atoms with Gasteiger partial charge < -0.3 is 5.11 Å². The van der Waals surface area contributed by atoms with Crippen molar-refractivity contribution in [1.29, 1.82) is 0 Å². The van der Waals surface area contributed by atoms with Crippen LogP contribution >= 0.6 is 11.6 Å². The van der Waals surface area contributed by atoms with Crippen LogP contribution < -0.4 is 0 Å². The van der Waals surface area contributed by atoms with E-state index in [1.807, 2.05) is 24.3 Å². The topological polar surface area (TPSA) is 37.3 Å². The number of unbranched alkanes of at least 4 members (excludes halogenated alkanes) is 2. The van der Waals surface area contributed by atoms with Gasteiger partial charge in [0.15, 0.2) is 0 Å². The molecule has 0 saturated heterocycles. The molecule has 17 heavy (non-hydrogen) atoms. The maximum absolute atomic E-state index is 11.2. The lowest BCUT2D eigenvalue weighted by Gasteiger charge is -2.13. The molecule has 0 radical (unpaired) electrons. The fourth-order valence-corrected chi connectivity index (χ4v) is 2.10. The summed E-state index contributed by atoms with van der Waals surface area (Å²) in [7, 11) is 0. The smallest absolute Gasteiger partial charge is 0.306 e. The molecule has 0 aliphatic rings. The molecule has 0 amide bonds. The van der Waals surface area contributed by atoms with Crippen molar-refractivity contribution in [3.8, 4) is 0 Å². The van der Waals surface area contributed by atoms with Gasteiger partial charge in [-0.2, -0.15) is 0 Å². The van der Waals surface area contributed by atoms with Crippen molar-refractivity contribution in [3.63, 3.8) is 0 Å². The van der Waals surface area contributed by atoms with Gasteiger partial charge in [0.05, 0.1) is 5.92 Å². The van der Waals surface area contributed by atoms with Gasteiger partial charge in [-0.15, -0.1) is 0 Å². The first-order chi connectivity index (χ1) is 8.15. The van der Waals surface area contributed by atoms with Crippen LogP contribution in [0.25, 0.3) is 0 Å². The molecule has 0 aliphatic heterocycles. The van der Waals surface area contributed by atoms with Gasteiger partial charge in [0.25, 0.3) is 0 Å². The molecule has 1 N–H and O–H groups in total. The van der Waals surface area contributed by atoms with Gasteiger partial charge in [-0.25, -0.2) is 0 Å². The van der Waals surface area contributed by atoms with E-state index in [1.165, 1.54) is 0 Å². The minimum atomic E-state index is -0.721. The Morgan fingerprint density at radius 1 is 1.35 bits per heavy atom. The van der Waals surface area contributed by atoms with Crippen molar-refractivity contribution >= 4 is 17.6 Å². The normalized spacial score (nSPS) is 12.4. The lowest BCUT2D eigenvalue weighted by atomic mass is 9.94. The number of carboxylic acids is 1. The summed E-state index contributed by atoms with van der Waals surface area (Å²) in [5.41, 5.74) is 0.929. The number of benzene rings is 1. The molecule has 0 saturated carbocycles. The van der Waals surface area contributed by atoms with Gasteiger partial charge in [0.2, 0.25) is 0 Å². The van der Waals surface area contributed by atoms with Crippen LogP contribution in [0, 0.1) is 5.92 Å². The first-order valence-corrected chi connectivity index (χ1v) is 6.49. The average molecular weight is 255 g/mol. The zero-order valence-corrected chi connectivity index (χ0v) is 10.9. The van der Waals surface area contributed by atoms with Crippen LogP contribution in [0.2, 0.25) is 5.02 Å². The van der Waals surface area contributed by atoms with Gasteiger partial charge in [0.1, 0.15) is 0 Å². The second-order valence-electron chi connectivity index (χ2n) is 4.33. The number of hydrogen-bond donors (Lipinski definition) is 1. The number of carbonyl (C=O) groups is 1. The Hall–Kier alpha value is -1.02. The van der Waals surface area contributed by atoms with Crippen LogP contribution in [0.15, 0.2) is 24.3 Å². The predicted molar refractivity (Wildman–Crippen MR) is 70.4 cm³/mol. The molecule has 0 aromatic heterocycles. The molecule has 94 valence electrons. The highest BCUT2D eigenvalue weighted by Crippen LogP contribution is 2.22. The maximum Gasteiger partial charge on any atom is 0.306 e. The zero-order valence-electron chi connectivity index (χ0n) is 10.2. The molecule has 1 atom stereocenters.